The standard InChI is InChI=1S/C14H8ClF3N2O/c15-10-2-1-3-11-12(10)21-13(20-11)7-4-8(14(16,17)18)6-9(19)5-7/h1-6H,19H2. The van der Waals surface area contributed by atoms with Crippen molar-refractivity contribution in [3.63, 3.8) is 0 Å². The van der Waals surface area contributed by atoms with E-state index in [0.29, 0.717) is 16.1 Å². The lowest BCUT2D eigenvalue weighted by Crippen LogP contribution is -2.06. The second kappa shape index (κ2) is 4.66. The Kier molecular flexibility index (Phi) is 3.06. The molecular formula is C14H8ClF3N2O. The first kappa shape index (κ1) is 13.8. The van der Waals surface area contributed by atoms with Gasteiger partial charge in [0, 0.05) is 11.3 Å². The van der Waals surface area contributed by atoms with Gasteiger partial charge in [0.25, 0.3) is 0 Å². The first-order valence-electron chi connectivity index (χ1n) is 5.88. The van der Waals surface area contributed by atoms with Crippen molar-refractivity contribution in [3.8, 4) is 11.5 Å². The van der Waals surface area contributed by atoms with E-state index in [1.54, 1.807) is 18.2 Å². The Balaban J connectivity index is 2.18. The quantitative estimate of drug-likeness (QED) is 0.660. The summed E-state index contributed by atoms with van der Waals surface area (Å²) in [7, 11) is 0. The summed E-state index contributed by atoms with van der Waals surface area (Å²) >= 11 is 5.95. The van der Waals surface area contributed by atoms with Crippen molar-refractivity contribution < 1.29 is 17.6 Å². The zero-order valence-corrected chi connectivity index (χ0v) is 11.2. The topological polar surface area (TPSA) is 52.0 Å². The van der Waals surface area contributed by atoms with Crippen molar-refractivity contribution in [2.75, 3.05) is 5.73 Å². The normalized spacial score (nSPS) is 12.0. The highest BCUT2D eigenvalue weighted by atomic mass is 35.5. The molecular weight excluding hydrogens is 305 g/mol. The van der Waals surface area contributed by atoms with Gasteiger partial charge < -0.3 is 10.2 Å². The Morgan fingerprint density at radius 1 is 1.14 bits per heavy atom. The SMILES string of the molecule is Nc1cc(-c2nc3cccc(Cl)c3o2)cc(C(F)(F)F)c1. The predicted molar refractivity (Wildman–Crippen MR) is 73.9 cm³/mol. The third-order valence-corrected chi connectivity index (χ3v) is 3.19. The van der Waals surface area contributed by atoms with Crippen LogP contribution in [-0.4, -0.2) is 4.98 Å². The summed E-state index contributed by atoms with van der Waals surface area (Å²) in [5, 5.41) is 0.339. The molecule has 1 aromatic heterocycles. The molecule has 7 heteroatoms. The molecule has 3 nitrogen and oxygen atoms in total. The van der Waals surface area contributed by atoms with Crippen LogP contribution in [0.5, 0.6) is 0 Å². The minimum absolute atomic E-state index is 0.0202. The van der Waals surface area contributed by atoms with Crippen LogP contribution in [0.1, 0.15) is 5.56 Å². The number of para-hydroxylation sites is 1. The number of fused-ring (bicyclic) bond motifs is 1. The van der Waals surface area contributed by atoms with Crippen molar-refractivity contribution >= 4 is 28.4 Å². The maximum absolute atomic E-state index is 12.8. The van der Waals surface area contributed by atoms with Crippen LogP contribution < -0.4 is 5.73 Å². The first-order chi connectivity index (χ1) is 9.84. The lowest BCUT2D eigenvalue weighted by molar-refractivity contribution is -0.137. The van der Waals surface area contributed by atoms with Crippen LogP contribution in [0.3, 0.4) is 0 Å². The molecule has 0 unspecified atom stereocenters. The number of halogens is 4. The van der Waals surface area contributed by atoms with E-state index in [1.165, 1.54) is 6.07 Å². The molecule has 0 saturated carbocycles. The predicted octanol–water partition coefficient (Wildman–Crippen LogP) is 4.75. The molecule has 0 fully saturated rings. The fraction of sp³-hybridized carbons (Fsp3) is 0.0714. The third-order valence-electron chi connectivity index (χ3n) is 2.90. The maximum atomic E-state index is 12.8. The van der Waals surface area contributed by atoms with E-state index in [2.05, 4.69) is 4.98 Å². The zero-order chi connectivity index (χ0) is 15.2. The van der Waals surface area contributed by atoms with Crippen molar-refractivity contribution in [2.24, 2.45) is 0 Å². The number of anilines is 1. The molecule has 2 aromatic carbocycles. The van der Waals surface area contributed by atoms with E-state index in [4.69, 9.17) is 21.8 Å². The second-order valence-electron chi connectivity index (χ2n) is 4.45. The van der Waals surface area contributed by atoms with Crippen LogP contribution in [0.25, 0.3) is 22.6 Å². The highest BCUT2D eigenvalue weighted by Gasteiger charge is 2.31. The van der Waals surface area contributed by atoms with Gasteiger partial charge in [-0.25, -0.2) is 4.98 Å². The molecule has 3 rings (SSSR count). The van der Waals surface area contributed by atoms with E-state index in [-0.39, 0.29) is 17.1 Å². The number of aromatic nitrogens is 1. The minimum Gasteiger partial charge on any atom is -0.435 e. The van der Waals surface area contributed by atoms with Gasteiger partial charge in [-0.1, -0.05) is 17.7 Å². The van der Waals surface area contributed by atoms with Gasteiger partial charge in [-0.2, -0.15) is 13.2 Å². The molecule has 3 aromatic rings. The van der Waals surface area contributed by atoms with Crippen molar-refractivity contribution in [2.45, 2.75) is 6.18 Å². The molecule has 0 radical (unpaired) electrons. The highest BCUT2D eigenvalue weighted by molar-refractivity contribution is 6.34. The Hall–Kier alpha value is -2.21. The average Bonchev–Trinajstić information content (AvgIpc) is 2.82. The van der Waals surface area contributed by atoms with Gasteiger partial charge >= 0.3 is 6.18 Å². The molecule has 0 aliphatic carbocycles. The lowest BCUT2D eigenvalue weighted by atomic mass is 10.1. The number of hydrogen-bond acceptors (Lipinski definition) is 3. The number of rotatable bonds is 1. The van der Waals surface area contributed by atoms with Gasteiger partial charge in [0.05, 0.1) is 10.6 Å². The molecule has 0 bridgehead atoms. The van der Waals surface area contributed by atoms with E-state index in [1.807, 2.05) is 0 Å². The van der Waals surface area contributed by atoms with Crippen molar-refractivity contribution in [3.05, 3.63) is 47.0 Å². The Labute approximate surface area is 122 Å². The van der Waals surface area contributed by atoms with Gasteiger partial charge in [-0.15, -0.1) is 0 Å². The number of oxazole rings is 1. The summed E-state index contributed by atoms with van der Waals surface area (Å²) in [5.74, 6) is 0.0379. The van der Waals surface area contributed by atoms with E-state index < -0.39 is 11.7 Å². The third kappa shape index (κ3) is 2.54. The summed E-state index contributed by atoms with van der Waals surface area (Å²) in [6.45, 7) is 0. The fourth-order valence-electron chi connectivity index (χ4n) is 1.98. The molecule has 0 spiro atoms. The number of alkyl halides is 3. The largest absolute Gasteiger partial charge is 0.435 e. The van der Waals surface area contributed by atoms with Crippen molar-refractivity contribution in [1.29, 1.82) is 0 Å². The van der Waals surface area contributed by atoms with Crippen LogP contribution in [-0.2, 0) is 6.18 Å². The van der Waals surface area contributed by atoms with Crippen LogP contribution in [0, 0.1) is 0 Å². The van der Waals surface area contributed by atoms with Gasteiger partial charge in [0.1, 0.15) is 5.52 Å². The zero-order valence-electron chi connectivity index (χ0n) is 10.4. The Morgan fingerprint density at radius 2 is 1.90 bits per heavy atom. The van der Waals surface area contributed by atoms with E-state index in [0.717, 1.165) is 12.1 Å². The maximum Gasteiger partial charge on any atom is 0.416 e. The highest BCUT2D eigenvalue weighted by Crippen LogP contribution is 2.35. The Morgan fingerprint density at radius 3 is 2.57 bits per heavy atom. The molecule has 0 amide bonds. The molecule has 0 saturated heterocycles. The Bertz CT molecular complexity index is 827. The molecule has 21 heavy (non-hydrogen) atoms. The van der Waals surface area contributed by atoms with Gasteiger partial charge in [-0.05, 0) is 30.3 Å². The number of benzene rings is 2. The number of nitrogen functional groups attached to an aromatic ring is 1. The summed E-state index contributed by atoms with van der Waals surface area (Å²) < 4.78 is 43.9. The van der Waals surface area contributed by atoms with E-state index in [9.17, 15) is 13.2 Å². The van der Waals surface area contributed by atoms with E-state index >= 15 is 0 Å². The molecule has 0 atom stereocenters. The molecule has 1 heterocycles. The van der Waals surface area contributed by atoms with Gasteiger partial charge in [0.2, 0.25) is 5.89 Å². The summed E-state index contributed by atoms with van der Waals surface area (Å²) in [6, 6.07) is 8.12. The van der Waals surface area contributed by atoms with Crippen molar-refractivity contribution in [1.82, 2.24) is 4.98 Å². The first-order valence-corrected chi connectivity index (χ1v) is 6.25. The second-order valence-corrected chi connectivity index (χ2v) is 4.86. The van der Waals surface area contributed by atoms with Crippen LogP contribution in [0.4, 0.5) is 18.9 Å². The minimum atomic E-state index is -4.49. The van der Waals surface area contributed by atoms with Crippen LogP contribution >= 0.6 is 11.6 Å². The fourth-order valence-corrected chi connectivity index (χ4v) is 2.19. The number of hydrogen-bond donors (Lipinski definition) is 1. The average molecular weight is 313 g/mol. The number of nitrogens with zero attached hydrogens (tertiary/aromatic N) is 1. The smallest absolute Gasteiger partial charge is 0.416 e. The lowest BCUT2D eigenvalue weighted by Gasteiger charge is -2.08. The van der Waals surface area contributed by atoms with Gasteiger partial charge in [0.15, 0.2) is 5.58 Å². The molecule has 0 aliphatic rings. The van der Waals surface area contributed by atoms with Gasteiger partial charge in [-0.3, -0.25) is 0 Å². The monoisotopic (exact) mass is 312 g/mol. The number of nitrogens with two attached hydrogens (primary N) is 1. The molecule has 0 aliphatic heterocycles. The molecule has 108 valence electrons. The van der Waals surface area contributed by atoms with Crippen LogP contribution in [0.2, 0.25) is 5.02 Å². The molecule has 2 N–H and O–H groups in total. The summed E-state index contributed by atoms with van der Waals surface area (Å²) in [4.78, 5) is 4.13. The van der Waals surface area contributed by atoms with Crippen LogP contribution in [0.15, 0.2) is 40.8 Å². The summed E-state index contributed by atoms with van der Waals surface area (Å²) in [5.41, 5.74) is 5.58. The summed E-state index contributed by atoms with van der Waals surface area (Å²) in [6.07, 6.45) is -4.49.